The molecule has 1 aromatic carbocycles. The second kappa shape index (κ2) is 6.03. The Morgan fingerprint density at radius 3 is 3.17 bits per heavy atom. The van der Waals surface area contributed by atoms with E-state index in [-0.39, 0.29) is 13.2 Å². The van der Waals surface area contributed by atoms with Gasteiger partial charge >= 0.3 is 11.9 Å². The molecule has 6 nitrogen and oxygen atoms in total. The smallest absolute Gasteiger partial charge is 0.347 e. The number of aryl methyl sites for hydroxylation is 1. The molecule has 124 valence electrons. The number of thiazole rings is 1. The van der Waals surface area contributed by atoms with Crippen molar-refractivity contribution >= 4 is 54.9 Å². The number of nitrogens with zero attached hydrogens (tertiary/aromatic N) is 1. The van der Waals surface area contributed by atoms with Crippen LogP contribution in [0.1, 0.15) is 11.4 Å². The molecule has 1 aliphatic rings. The number of carbonyl (C=O) groups is 2. The monoisotopic (exact) mass is 363 g/mol. The number of thiophene rings is 1. The summed E-state index contributed by atoms with van der Waals surface area (Å²) in [5.41, 5.74) is 0.964. The minimum atomic E-state index is -0.811. The Labute approximate surface area is 145 Å². The summed E-state index contributed by atoms with van der Waals surface area (Å²) in [6.45, 7) is 2.00. The van der Waals surface area contributed by atoms with Crippen molar-refractivity contribution in [2.24, 2.45) is 0 Å². The van der Waals surface area contributed by atoms with E-state index in [1.54, 1.807) is 22.7 Å². The molecule has 1 saturated heterocycles. The highest BCUT2D eigenvalue weighted by atomic mass is 32.1. The standard InChI is InChI=1S/C16H13NO5S2/c1-8-17-14-12(24-8)6-11(9-3-5-23-15(9)14)21-7-13(18)22-10-2-4-20-16(10)19/h3,5-6,10H,2,4,7H2,1H3/t10-/m1/s1. The Hall–Kier alpha value is -2.19. The maximum atomic E-state index is 11.9. The van der Waals surface area contributed by atoms with Crippen LogP contribution in [0.25, 0.3) is 20.3 Å². The Morgan fingerprint density at radius 2 is 2.38 bits per heavy atom. The Kier molecular flexibility index (Phi) is 3.85. The van der Waals surface area contributed by atoms with Gasteiger partial charge in [0.25, 0.3) is 0 Å². The predicted octanol–water partition coefficient (Wildman–Crippen LogP) is 3.06. The van der Waals surface area contributed by atoms with E-state index in [0.717, 1.165) is 25.3 Å². The first kappa shape index (κ1) is 15.3. The van der Waals surface area contributed by atoms with E-state index in [9.17, 15) is 9.59 Å². The van der Waals surface area contributed by atoms with Crippen LogP contribution in [-0.2, 0) is 19.1 Å². The number of fused-ring (bicyclic) bond motifs is 3. The van der Waals surface area contributed by atoms with Crippen LogP contribution in [0.5, 0.6) is 5.75 Å². The Bertz CT molecular complexity index is 945. The first-order chi connectivity index (χ1) is 11.6. The van der Waals surface area contributed by atoms with E-state index in [0.29, 0.717) is 12.2 Å². The molecule has 1 atom stereocenters. The summed E-state index contributed by atoms with van der Waals surface area (Å²) in [5, 5.41) is 3.88. The number of rotatable bonds is 4. The van der Waals surface area contributed by atoms with Gasteiger partial charge in [0.05, 0.1) is 26.5 Å². The van der Waals surface area contributed by atoms with Crippen LogP contribution in [0, 0.1) is 6.92 Å². The van der Waals surface area contributed by atoms with Crippen molar-refractivity contribution in [2.75, 3.05) is 13.2 Å². The highest BCUT2D eigenvalue weighted by molar-refractivity contribution is 7.21. The average Bonchev–Trinajstić information content (AvgIpc) is 3.24. The molecule has 0 saturated carbocycles. The van der Waals surface area contributed by atoms with Gasteiger partial charge in [-0.2, -0.15) is 0 Å². The third-order valence-corrected chi connectivity index (χ3v) is 5.51. The first-order valence-electron chi connectivity index (χ1n) is 7.38. The molecule has 0 unspecified atom stereocenters. The molecule has 0 radical (unpaired) electrons. The van der Waals surface area contributed by atoms with Crippen molar-refractivity contribution in [1.82, 2.24) is 4.98 Å². The molecule has 1 fully saturated rings. The summed E-state index contributed by atoms with van der Waals surface area (Å²) < 4.78 is 17.6. The summed E-state index contributed by atoms with van der Waals surface area (Å²) in [6.07, 6.45) is -0.417. The number of aromatic nitrogens is 1. The van der Waals surface area contributed by atoms with Crippen molar-refractivity contribution in [3.05, 3.63) is 22.5 Å². The largest absolute Gasteiger partial charge is 0.481 e. The van der Waals surface area contributed by atoms with Gasteiger partial charge in [-0.1, -0.05) is 0 Å². The molecule has 3 heterocycles. The van der Waals surface area contributed by atoms with Crippen molar-refractivity contribution < 1.29 is 23.8 Å². The summed E-state index contributed by atoms with van der Waals surface area (Å²) in [6, 6.07) is 3.84. The number of benzene rings is 1. The Balaban J connectivity index is 1.54. The molecule has 0 spiro atoms. The van der Waals surface area contributed by atoms with Gasteiger partial charge in [-0.25, -0.2) is 14.6 Å². The van der Waals surface area contributed by atoms with E-state index >= 15 is 0 Å². The van der Waals surface area contributed by atoms with Gasteiger partial charge in [0.2, 0.25) is 6.10 Å². The zero-order valence-corrected chi connectivity index (χ0v) is 14.4. The minimum absolute atomic E-state index is 0.252. The molecule has 0 amide bonds. The molecule has 2 aromatic heterocycles. The maximum absolute atomic E-state index is 11.9. The third kappa shape index (κ3) is 2.71. The summed E-state index contributed by atoms with van der Waals surface area (Å²) >= 11 is 3.18. The fourth-order valence-corrected chi connectivity index (χ4v) is 4.45. The molecular formula is C16H13NO5S2. The zero-order valence-electron chi connectivity index (χ0n) is 12.7. The molecular weight excluding hydrogens is 350 g/mol. The van der Waals surface area contributed by atoms with E-state index < -0.39 is 18.0 Å². The molecule has 8 heteroatoms. The van der Waals surface area contributed by atoms with Crippen LogP contribution in [-0.4, -0.2) is 36.2 Å². The Morgan fingerprint density at radius 1 is 1.50 bits per heavy atom. The van der Waals surface area contributed by atoms with Crippen LogP contribution in [0.3, 0.4) is 0 Å². The van der Waals surface area contributed by atoms with E-state index in [2.05, 4.69) is 4.98 Å². The second-order valence-electron chi connectivity index (χ2n) is 5.34. The van der Waals surface area contributed by atoms with Crippen molar-refractivity contribution in [2.45, 2.75) is 19.4 Å². The van der Waals surface area contributed by atoms with Gasteiger partial charge in [-0.3, -0.25) is 0 Å². The van der Waals surface area contributed by atoms with Crippen LogP contribution in [0.4, 0.5) is 0 Å². The van der Waals surface area contributed by atoms with Gasteiger partial charge < -0.3 is 14.2 Å². The predicted molar refractivity (Wildman–Crippen MR) is 90.7 cm³/mol. The van der Waals surface area contributed by atoms with E-state index in [4.69, 9.17) is 14.2 Å². The number of hydrogen-bond donors (Lipinski definition) is 0. The molecule has 0 bridgehead atoms. The SMILES string of the molecule is Cc1nc2c(cc(OCC(=O)O[C@@H]3CCOC3=O)c3ccsc32)s1. The van der Waals surface area contributed by atoms with Crippen LogP contribution in [0.15, 0.2) is 17.5 Å². The third-order valence-electron chi connectivity index (χ3n) is 3.67. The lowest BCUT2D eigenvalue weighted by Crippen LogP contribution is -2.26. The van der Waals surface area contributed by atoms with Crippen LogP contribution >= 0.6 is 22.7 Å². The second-order valence-corrected chi connectivity index (χ2v) is 7.49. The highest BCUT2D eigenvalue weighted by Gasteiger charge is 2.30. The average molecular weight is 363 g/mol. The lowest BCUT2D eigenvalue weighted by Gasteiger charge is -2.10. The maximum Gasteiger partial charge on any atom is 0.347 e. The van der Waals surface area contributed by atoms with Gasteiger partial charge in [0.1, 0.15) is 5.75 Å². The van der Waals surface area contributed by atoms with Crippen molar-refractivity contribution in [3.63, 3.8) is 0 Å². The summed E-state index contributed by atoms with van der Waals surface area (Å²) in [7, 11) is 0. The fourth-order valence-electron chi connectivity index (χ4n) is 2.62. The van der Waals surface area contributed by atoms with Crippen LogP contribution in [0.2, 0.25) is 0 Å². The number of cyclic esters (lactones) is 1. The summed E-state index contributed by atoms with van der Waals surface area (Å²) in [5.74, 6) is -0.457. The number of esters is 2. The molecule has 0 aliphatic carbocycles. The zero-order chi connectivity index (χ0) is 16.7. The highest BCUT2D eigenvalue weighted by Crippen LogP contribution is 2.38. The van der Waals surface area contributed by atoms with Gasteiger partial charge in [0, 0.05) is 17.9 Å². The normalized spacial score (nSPS) is 17.4. The summed E-state index contributed by atoms with van der Waals surface area (Å²) in [4.78, 5) is 27.8. The van der Waals surface area contributed by atoms with Gasteiger partial charge in [-0.15, -0.1) is 22.7 Å². The van der Waals surface area contributed by atoms with Gasteiger partial charge in [0.15, 0.2) is 6.61 Å². The molecule has 3 aromatic rings. The molecule has 0 N–H and O–H groups in total. The van der Waals surface area contributed by atoms with Crippen molar-refractivity contribution in [1.29, 1.82) is 0 Å². The lowest BCUT2D eigenvalue weighted by atomic mass is 10.2. The fraction of sp³-hybridized carbons (Fsp3) is 0.312. The topological polar surface area (TPSA) is 74.7 Å². The molecule has 4 rings (SSSR count). The van der Waals surface area contributed by atoms with Crippen molar-refractivity contribution in [3.8, 4) is 5.75 Å². The number of hydrogen-bond acceptors (Lipinski definition) is 8. The quantitative estimate of drug-likeness (QED) is 0.663. The number of carbonyl (C=O) groups excluding carboxylic acids is 2. The molecule has 1 aliphatic heterocycles. The van der Waals surface area contributed by atoms with E-state index in [1.165, 1.54) is 0 Å². The number of ether oxygens (including phenoxy) is 3. The molecule has 24 heavy (non-hydrogen) atoms. The van der Waals surface area contributed by atoms with E-state index in [1.807, 2.05) is 24.4 Å². The van der Waals surface area contributed by atoms with Crippen LogP contribution < -0.4 is 4.74 Å². The minimum Gasteiger partial charge on any atom is -0.481 e. The van der Waals surface area contributed by atoms with Gasteiger partial charge in [-0.05, 0) is 18.4 Å². The lowest BCUT2D eigenvalue weighted by molar-refractivity contribution is -0.161. The first-order valence-corrected chi connectivity index (χ1v) is 9.07.